The van der Waals surface area contributed by atoms with Gasteiger partial charge < -0.3 is 19.9 Å². The number of aromatic nitrogens is 5. The summed E-state index contributed by atoms with van der Waals surface area (Å²) in [6.07, 6.45) is 6.05. The fourth-order valence-corrected chi connectivity index (χ4v) is 4.06. The van der Waals surface area contributed by atoms with Gasteiger partial charge in [-0.2, -0.15) is 5.10 Å². The van der Waals surface area contributed by atoms with Gasteiger partial charge in [-0.3, -0.25) is 4.79 Å². The van der Waals surface area contributed by atoms with E-state index in [1.165, 1.54) is 11.8 Å². The Morgan fingerprint density at radius 2 is 2.03 bits per heavy atom. The number of carbonyl (C=O) groups excluding carboxylic acids is 1. The van der Waals surface area contributed by atoms with Crippen molar-refractivity contribution < 1.29 is 9.53 Å². The number of anilines is 1. The van der Waals surface area contributed by atoms with Crippen LogP contribution in [0.25, 0.3) is 21.9 Å². The van der Waals surface area contributed by atoms with Crippen molar-refractivity contribution in [1.29, 1.82) is 0 Å². The summed E-state index contributed by atoms with van der Waals surface area (Å²) >= 11 is 1.48. The Morgan fingerprint density at radius 1 is 1.19 bits per heavy atom. The van der Waals surface area contributed by atoms with Gasteiger partial charge in [0.2, 0.25) is 5.91 Å². The number of hydrogen-bond donors (Lipinski definition) is 2. The molecule has 0 bridgehead atoms. The first-order valence-corrected chi connectivity index (χ1v) is 11.6. The maximum atomic E-state index is 12.6. The van der Waals surface area contributed by atoms with Gasteiger partial charge in [-0.05, 0) is 17.9 Å². The molecule has 2 N–H and O–H groups in total. The number of thioether (sulfide) groups is 1. The first-order chi connectivity index (χ1) is 15.6. The first-order valence-electron chi connectivity index (χ1n) is 10.4. The number of hydrogen-bond acceptors (Lipinski definition) is 7. The number of rotatable bonds is 10. The standard InChI is InChI=1S/C22H27N7O2S/c1-28-14-15(16-6-4-5-7-18(16)28)12-19(30)23-8-10-29-21-17(13-25-29)20(24-9-11-31-2)26-22(27-21)32-3/h4-7,13-14H,8-12H2,1-3H3,(H,23,30)(H,24,26,27). The van der Waals surface area contributed by atoms with E-state index in [2.05, 4.69) is 42.4 Å². The molecule has 0 unspecified atom stereocenters. The molecule has 0 atom stereocenters. The third-order valence-corrected chi connectivity index (χ3v) is 5.78. The average molecular weight is 454 g/mol. The zero-order valence-corrected chi connectivity index (χ0v) is 19.3. The molecule has 1 amide bonds. The minimum atomic E-state index is -0.0147. The number of carbonyl (C=O) groups is 1. The maximum absolute atomic E-state index is 12.6. The summed E-state index contributed by atoms with van der Waals surface area (Å²) in [6.45, 7) is 2.21. The molecule has 4 rings (SSSR count). The molecule has 0 aliphatic rings. The van der Waals surface area contributed by atoms with Crippen molar-refractivity contribution in [1.82, 2.24) is 29.6 Å². The normalized spacial score (nSPS) is 11.3. The lowest BCUT2D eigenvalue weighted by Crippen LogP contribution is -2.28. The molecule has 0 saturated carbocycles. The van der Waals surface area contributed by atoms with E-state index < -0.39 is 0 Å². The van der Waals surface area contributed by atoms with E-state index >= 15 is 0 Å². The highest BCUT2D eigenvalue weighted by molar-refractivity contribution is 7.98. The summed E-state index contributed by atoms with van der Waals surface area (Å²) < 4.78 is 8.96. The number of aryl methyl sites for hydroxylation is 1. The van der Waals surface area contributed by atoms with Crippen LogP contribution in [0.2, 0.25) is 0 Å². The zero-order chi connectivity index (χ0) is 22.5. The lowest BCUT2D eigenvalue weighted by Gasteiger charge is -2.09. The monoisotopic (exact) mass is 453 g/mol. The molecule has 9 nitrogen and oxygen atoms in total. The second-order valence-corrected chi connectivity index (χ2v) is 8.17. The Kier molecular flexibility index (Phi) is 6.91. The summed E-state index contributed by atoms with van der Waals surface area (Å²) in [7, 11) is 3.66. The zero-order valence-electron chi connectivity index (χ0n) is 18.5. The number of methoxy groups -OCH3 is 1. The molecule has 0 saturated heterocycles. The van der Waals surface area contributed by atoms with Gasteiger partial charge in [0.15, 0.2) is 10.8 Å². The molecule has 3 heterocycles. The number of ether oxygens (including phenoxy) is 1. The van der Waals surface area contributed by atoms with E-state index in [-0.39, 0.29) is 5.91 Å². The van der Waals surface area contributed by atoms with E-state index in [0.717, 1.165) is 33.3 Å². The van der Waals surface area contributed by atoms with Crippen LogP contribution in [-0.2, 0) is 29.5 Å². The SMILES string of the molecule is COCCNc1nc(SC)nc2c1cnn2CCNC(=O)Cc1cn(C)c2ccccc12. The number of para-hydroxylation sites is 1. The second-order valence-electron chi connectivity index (χ2n) is 7.39. The lowest BCUT2D eigenvalue weighted by molar-refractivity contribution is -0.120. The van der Waals surface area contributed by atoms with E-state index in [0.29, 0.717) is 37.8 Å². The highest BCUT2D eigenvalue weighted by Gasteiger charge is 2.14. The molecule has 32 heavy (non-hydrogen) atoms. The van der Waals surface area contributed by atoms with Crippen molar-refractivity contribution in [3.63, 3.8) is 0 Å². The Hall–Kier alpha value is -3.11. The molecule has 168 valence electrons. The van der Waals surface area contributed by atoms with Gasteiger partial charge in [0, 0.05) is 44.3 Å². The molecule has 0 spiro atoms. The van der Waals surface area contributed by atoms with E-state index in [9.17, 15) is 4.79 Å². The third kappa shape index (κ3) is 4.71. The molecule has 0 aliphatic carbocycles. The van der Waals surface area contributed by atoms with Gasteiger partial charge in [0.05, 0.1) is 31.2 Å². The van der Waals surface area contributed by atoms with Crippen LogP contribution in [0.4, 0.5) is 5.82 Å². The lowest BCUT2D eigenvalue weighted by atomic mass is 10.1. The Labute approximate surface area is 190 Å². The van der Waals surface area contributed by atoms with Gasteiger partial charge in [0.1, 0.15) is 5.82 Å². The number of fused-ring (bicyclic) bond motifs is 2. The first kappa shape index (κ1) is 22.1. The van der Waals surface area contributed by atoms with E-state index in [1.54, 1.807) is 18.0 Å². The van der Waals surface area contributed by atoms with E-state index in [1.807, 2.05) is 31.6 Å². The minimum absolute atomic E-state index is 0.0147. The van der Waals surface area contributed by atoms with Crippen LogP contribution in [0.5, 0.6) is 0 Å². The van der Waals surface area contributed by atoms with Crippen LogP contribution in [0.3, 0.4) is 0 Å². The second kappa shape index (κ2) is 10.0. The smallest absolute Gasteiger partial charge is 0.224 e. The number of nitrogens with one attached hydrogen (secondary N) is 2. The maximum Gasteiger partial charge on any atom is 0.224 e. The number of nitrogens with zero attached hydrogens (tertiary/aromatic N) is 5. The quantitative estimate of drug-likeness (QED) is 0.216. The topological polar surface area (TPSA) is 98.9 Å². The molecule has 10 heteroatoms. The molecule has 0 aliphatic heterocycles. The molecule has 0 fully saturated rings. The van der Waals surface area contributed by atoms with Crippen LogP contribution in [0.1, 0.15) is 5.56 Å². The van der Waals surface area contributed by atoms with Crippen molar-refractivity contribution >= 4 is 45.4 Å². The van der Waals surface area contributed by atoms with Crippen LogP contribution >= 0.6 is 11.8 Å². The Bertz CT molecular complexity index is 1230. The molecular formula is C22H27N7O2S. The molecule has 4 aromatic rings. The highest BCUT2D eigenvalue weighted by Crippen LogP contribution is 2.23. The van der Waals surface area contributed by atoms with Crippen LogP contribution < -0.4 is 10.6 Å². The summed E-state index contributed by atoms with van der Waals surface area (Å²) in [5.41, 5.74) is 2.89. The van der Waals surface area contributed by atoms with Crippen LogP contribution in [0, 0.1) is 0 Å². The summed E-state index contributed by atoms with van der Waals surface area (Å²) in [5, 5.41) is 13.4. The summed E-state index contributed by atoms with van der Waals surface area (Å²) in [6, 6.07) is 8.11. The van der Waals surface area contributed by atoms with Gasteiger partial charge in [-0.25, -0.2) is 14.6 Å². The largest absolute Gasteiger partial charge is 0.383 e. The summed E-state index contributed by atoms with van der Waals surface area (Å²) in [4.78, 5) is 21.7. The van der Waals surface area contributed by atoms with Crippen LogP contribution in [-0.4, -0.2) is 63.3 Å². The van der Waals surface area contributed by atoms with Gasteiger partial charge in [0.25, 0.3) is 0 Å². The predicted molar refractivity (Wildman–Crippen MR) is 127 cm³/mol. The molecule has 0 radical (unpaired) electrons. The highest BCUT2D eigenvalue weighted by atomic mass is 32.2. The van der Waals surface area contributed by atoms with Crippen molar-refractivity contribution in [2.75, 3.05) is 38.4 Å². The molecule has 1 aromatic carbocycles. The fraction of sp³-hybridized carbons (Fsp3) is 0.364. The number of amides is 1. The van der Waals surface area contributed by atoms with Crippen molar-refractivity contribution in [3.8, 4) is 0 Å². The van der Waals surface area contributed by atoms with Gasteiger partial charge in [-0.15, -0.1) is 0 Å². The van der Waals surface area contributed by atoms with Crippen LogP contribution in [0.15, 0.2) is 41.8 Å². The third-order valence-electron chi connectivity index (χ3n) is 5.23. The molecule has 3 aromatic heterocycles. The molecular weight excluding hydrogens is 426 g/mol. The average Bonchev–Trinajstić information content (AvgIpc) is 3.35. The summed E-state index contributed by atoms with van der Waals surface area (Å²) in [5.74, 6) is 0.724. The Balaban J connectivity index is 1.41. The predicted octanol–water partition coefficient (Wildman–Crippen LogP) is 2.46. The van der Waals surface area contributed by atoms with Crippen molar-refractivity contribution in [2.24, 2.45) is 7.05 Å². The van der Waals surface area contributed by atoms with Gasteiger partial charge in [-0.1, -0.05) is 30.0 Å². The minimum Gasteiger partial charge on any atom is -0.383 e. The Morgan fingerprint density at radius 3 is 2.84 bits per heavy atom. The van der Waals surface area contributed by atoms with Crippen molar-refractivity contribution in [2.45, 2.75) is 18.1 Å². The fourth-order valence-electron chi connectivity index (χ4n) is 3.70. The van der Waals surface area contributed by atoms with Gasteiger partial charge >= 0.3 is 0 Å². The van der Waals surface area contributed by atoms with Crippen molar-refractivity contribution in [3.05, 3.63) is 42.2 Å². The van der Waals surface area contributed by atoms with E-state index in [4.69, 9.17) is 4.74 Å². The number of benzene rings is 1.